The lowest BCUT2D eigenvalue weighted by Crippen LogP contribution is -2.54. The SMILES string of the molecule is CC(C)(C)N1CCN(C(=O)c2cccc(CCl)c2)CC1. The van der Waals surface area contributed by atoms with Crippen molar-refractivity contribution in [1.29, 1.82) is 0 Å². The second-order valence-electron chi connectivity index (χ2n) is 6.28. The Morgan fingerprint density at radius 2 is 1.85 bits per heavy atom. The predicted octanol–water partition coefficient (Wildman–Crippen LogP) is 2.98. The minimum Gasteiger partial charge on any atom is -0.336 e. The number of hydrogen-bond acceptors (Lipinski definition) is 2. The van der Waals surface area contributed by atoms with Crippen molar-refractivity contribution >= 4 is 17.5 Å². The maximum absolute atomic E-state index is 12.5. The number of nitrogens with zero attached hydrogens (tertiary/aromatic N) is 2. The van der Waals surface area contributed by atoms with Gasteiger partial charge in [-0.25, -0.2) is 0 Å². The van der Waals surface area contributed by atoms with Gasteiger partial charge in [0.25, 0.3) is 5.91 Å². The Morgan fingerprint density at radius 1 is 1.20 bits per heavy atom. The maximum Gasteiger partial charge on any atom is 0.253 e. The van der Waals surface area contributed by atoms with Crippen LogP contribution in [0.3, 0.4) is 0 Å². The topological polar surface area (TPSA) is 23.6 Å². The van der Waals surface area contributed by atoms with Gasteiger partial charge in [0.15, 0.2) is 0 Å². The molecule has 1 heterocycles. The molecule has 0 aliphatic carbocycles. The number of hydrogen-bond donors (Lipinski definition) is 0. The van der Waals surface area contributed by atoms with Crippen molar-refractivity contribution in [1.82, 2.24) is 9.80 Å². The standard InChI is InChI=1S/C16H23ClN2O/c1-16(2,3)19-9-7-18(8-10-19)15(20)14-6-4-5-13(11-14)12-17/h4-6,11H,7-10,12H2,1-3H3. The molecule has 1 aliphatic heterocycles. The van der Waals surface area contributed by atoms with Crippen LogP contribution in [0.2, 0.25) is 0 Å². The van der Waals surface area contributed by atoms with E-state index in [4.69, 9.17) is 11.6 Å². The van der Waals surface area contributed by atoms with Crippen LogP contribution in [0.1, 0.15) is 36.7 Å². The number of alkyl halides is 1. The summed E-state index contributed by atoms with van der Waals surface area (Å²) in [7, 11) is 0. The fourth-order valence-corrected chi connectivity index (χ4v) is 2.72. The first-order valence-corrected chi connectivity index (χ1v) is 7.64. The summed E-state index contributed by atoms with van der Waals surface area (Å²) in [5.41, 5.74) is 1.91. The Labute approximate surface area is 126 Å². The van der Waals surface area contributed by atoms with Crippen LogP contribution in [0, 0.1) is 0 Å². The molecule has 1 aliphatic rings. The Hall–Kier alpha value is -1.06. The first kappa shape index (κ1) is 15.3. The van der Waals surface area contributed by atoms with Crippen LogP contribution in [-0.4, -0.2) is 47.4 Å². The third-order valence-corrected chi connectivity index (χ3v) is 4.15. The van der Waals surface area contributed by atoms with Gasteiger partial charge in [-0.1, -0.05) is 12.1 Å². The summed E-state index contributed by atoms with van der Waals surface area (Å²) in [4.78, 5) is 16.9. The van der Waals surface area contributed by atoms with Crippen LogP contribution in [0.25, 0.3) is 0 Å². The van der Waals surface area contributed by atoms with Gasteiger partial charge in [-0.2, -0.15) is 0 Å². The number of rotatable bonds is 2. The fourth-order valence-electron chi connectivity index (χ4n) is 2.55. The third-order valence-electron chi connectivity index (χ3n) is 3.84. The van der Waals surface area contributed by atoms with Crippen LogP contribution in [-0.2, 0) is 5.88 Å². The van der Waals surface area contributed by atoms with Crippen LogP contribution in [0.15, 0.2) is 24.3 Å². The predicted molar refractivity (Wildman–Crippen MR) is 83.2 cm³/mol. The molecule has 0 spiro atoms. The normalized spacial score (nSPS) is 17.3. The summed E-state index contributed by atoms with van der Waals surface area (Å²) < 4.78 is 0. The van der Waals surface area contributed by atoms with E-state index < -0.39 is 0 Å². The number of carbonyl (C=O) groups excluding carboxylic acids is 1. The van der Waals surface area contributed by atoms with Crippen molar-refractivity contribution < 1.29 is 4.79 Å². The highest BCUT2D eigenvalue weighted by atomic mass is 35.5. The molecule has 1 amide bonds. The monoisotopic (exact) mass is 294 g/mol. The number of carbonyl (C=O) groups is 1. The quantitative estimate of drug-likeness (QED) is 0.783. The van der Waals surface area contributed by atoms with E-state index in [1.54, 1.807) is 0 Å². The Morgan fingerprint density at radius 3 is 2.40 bits per heavy atom. The van der Waals surface area contributed by atoms with E-state index in [0.29, 0.717) is 5.88 Å². The molecule has 110 valence electrons. The molecule has 1 saturated heterocycles. The zero-order valence-corrected chi connectivity index (χ0v) is 13.3. The molecular weight excluding hydrogens is 272 g/mol. The molecule has 0 atom stereocenters. The molecule has 0 aromatic heterocycles. The van der Waals surface area contributed by atoms with E-state index in [0.717, 1.165) is 37.3 Å². The summed E-state index contributed by atoms with van der Waals surface area (Å²) in [5.74, 6) is 0.560. The molecule has 3 nitrogen and oxygen atoms in total. The smallest absolute Gasteiger partial charge is 0.253 e. The second kappa shape index (κ2) is 6.15. The van der Waals surface area contributed by atoms with Gasteiger partial charge in [-0.3, -0.25) is 9.69 Å². The molecule has 0 saturated carbocycles. The van der Waals surface area contributed by atoms with Gasteiger partial charge in [0.1, 0.15) is 0 Å². The van der Waals surface area contributed by atoms with E-state index >= 15 is 0 Å². The van der Waals surface area contributed by atoms with Crippen molar-refractivity contribution in [2.75, 3.05) is 26.2 Å². The minimum absolute atomic E-state index is 0.116. The average molecular weight is 295 g/mol. The zero-order valence-electron chi connectivity index (χ0n) is 12.5. The molecule has 0 bridgehead atoms. The number of halogens is 1. The summed E-state index contributed by atoms with van der Waals surface area (Å²) in [5, 5.41) is 0. The molecule has 0 radical (unpaired) electrons. The first-order valence-electron chi connectivity index (χ1n) is 7.11. The van der Waals surface area contributed by atoms with Crippen molar-refractivity contribution in [2.45, 2.75) is 32.2 Å². The molecule has 4 heteroatoms. The minimum atomic E-state index is 0.116. The molecule has 20 heavy (non-hydrogen) atoms. The van der Waals surface area contributed by atoms with Gasteiger partial charge >= 0.3 is 0 Å². The number of amides is 1. The summed E-state index contributed by atoms with van der Waals surface area (Å²) >= 11 is 5.83. The largest absolute Gasteiger partial charge is 0.336 e. The lowest BCUT2D eigenvalue weighted by molar-refractivity contribution is 0.0451. The van der Waals surface area contributed by atoms with Crippen LogP contribution >= 0.6 is 11.6 Å². The lowest BCUT2D eigenvalue weighted by Gasteiger charge is -2.42. The van der Waals surface area contributed by atoms with Gasteiger partial charge in [0.05, 0.1) is 0 Å². The van der Waals surface area contributed by atoms with Gasteiger partial charge in [0.2, 0.25) is 0 Å². The van der Waals surface area contributed by atoms with Crippen molar-refractivity contribution in [3.63, 3.8) is 0 Å². The molecule has 1 fully saturated rings. The summed E-state index contributed by atoms with van der Waals surface area (Å²) in [6.45, 7) is 10.1. The average Bonchev–Trinajstić information content (AvgIpc) is 2.46. The highest BCUT2D eigenvalue weighted by Crippen LogP contribution is 2.17. The first-order chi connectivity index (χ1) is 9.41. The molecule has 0 N–H and O–H groups in total. The van der Waals surface area contributed by atoms with Crippen molar-refractivity contribution in [3.05, 3.63) is 35.4 Å². The Kier molecular flexibility index (Phi) is 4.71. The maximum atomic E-state index is 12.5. The number of benzene rings is 1. The highest BCUT2D eigenvalue weighted by Gasteiger charge is 2.28. The van der Waals surface area contributed by atoms with Crippen LogP contribution in [0.4, 0.5) is 0 Å². The third kappa shape index (κ3) is 3.53. The molecule has 1 aromatic carbocycles. The van der Waals surface area contributed by atoms with E-state index in [1.807, 2.05) is 29.2 Å². The molecule has 2 rings (SSSR count). The van der Waals surface area contributed by atoms with E-state index in [1.165, 1.54) is 0 Å². The zero-order chi connectivity index (χ0) is 14.8. The fraction of sp³-hybridized carbons (Fsp3) is 0.562. The van der Waals surface area contributed by atoms with Gasteiger partial charge < -0.3 is 4.90 Å². The second-order valence-corrected chi connectivity index (χ2v) is 6.55. The molecule has 0 unspecified atom stereocenters. The van der Waals surface area contributed by atoms with Crippen molar-refractivity contribution in [3.8, 4) is 0 Å². The molecular formula is C16H23ClN2O. The van der Waals surface area contributed by atoms with Gasteiger partial charge in [0, 0.05) is 43.2 Å². The number of piperazine rings is 1. The van der Waals surface area contributed by atoms with Gasteiger partial charge in [-0.15, -0.1) is 11.6 Å². The highest BCUT2D eigenvalue weighted by molar-refractivity contribution is 6.17. The van der Waals surface area contributed by atoms with Crippen LogP contribution in [0.5, 0.6) is 0 Å². The Balaban J connectivity index is 2.01. The molecule has 1 aromatic rings. The van der Waals surface area contributed by atoms with E-state index in [-0.39, 0.29) is 11.4 Å². The Bertz CT molecular complexity index is 474. The van der Waals surface area contributed by atoms with E-state index in [9.17, 15) is 4.79 Å². The summed E-state index contributed by atoms with van der Waals surface area (Å²) in [6.07, 6.45) is 0. The lowest BCUT2D eigenvalue weighted by atomic mass is 10.0. The van der Waals surface area contributed by atoms with Crippen LogP contribution < -0.4 is 0 Å². The van der Waals surface area contributed by atoms with Crippen molar-refractivity contribution in [2.24, 2.45) is 0 Å². The van der Waals surface area contributed by atoms with E-state index in [2.05, 4.69) is 25.7 Å². The summed E-state index contributed by atoms with van der Waals surface area (Å²) in [6, 6.07) is 7.61. The van der Waals surface area contributed by atoms with Gasteiger partial charge in [-0.05, 0) is 38.5 Å².